The SMILES string of the molecule is CN(C)CCCNC(=O)C(C)(C)C1CCCNC1. The van der Waals surface area contributed by atoms with E-state index in [0.29, 0.717) is 5.92 Å². The van der Waals surface area contributed by atoms with E-state index < -0.39 is 0 Å². The van der Waals surface area contributed by atoms with Crippen molar-refractivity contribution in [3.63, 3.8) is 0 Å². The Kier molecular flexibility index (Phi) is 6.09. The standard InChI is InChI=1S/C14H29N3O/c1-14(2,12-7-5-8-15-11-12)13(18)16-9-6-10-17(3)4/h12,15H,5-11H2,1-4H3,(H,16,18). The first-order valence-corrected chi connectivity index (χ1v) is 7.08. The normalized spacial score (nSPS) is 21.1. The quantitative estimate of drug-likeness (QED) is 0.698. The second kappa shape index (κ2) is 7.10. The largest absolute Gasteiger partial charge is 0.356 e. The van der Waals surface area contributed by atoms with Crippen LogP contribution in [0.2, 0.25) is 0 Å². The Bertz CT molecular complexity index is 258. The molecule has 18 heavy (non-hydrogen) atoms. The van der Waals surface area contributed by atoms with Crippen LogP contribution in [0.4, 0.5) is 0 Å². The third-order valence-corrected chi connectivity index (χ3v) is 3.97. The van der Waals surface area contributed by atoms with Gasteiger partial charge in [-0.3, -0.25) is 4.79 Å². The smallest absolute Gasteiger partial charge is 0.225 e. The molecule has 0 aliphatic carbocycles. The first kappa shape index (κ1) is 15.4. The van der Waals surface area contributed by atoms with E-state index in [4.69, 9.17) is 0 Å². The van der Waals surface area contributed by atoms with Crippen LogP contribution in [0.25, 0.3) is 0 Å². The molecule has 1 saturated heterocycles. The number of amides is 1. The fraction of sp³-hybridized carbons (Fsp3) is 0.929. The number of carbonyl (C=O) groups excluding carboxylic acids is 1. The summed E-state index contributed by atoms with van der Waals surface area (Å²) < 4.78 is 0. The number of hydrogen-bond donors (Lipinski definition) is 2. The van der Waals surface area contributed by atoms with E-state index in [-0.39, 0.29) is 11.3 Å². The van der Waals surface area contributed by atoms with Gasteiger partial charge in [-0.2, -0.15) is 0 Å². The zero-order chi connectivity index (χ0) is 13.6. The lowest BCUT2D eigenvalue weighted by atomic mass is 9.74. The summed E-state index contributed by atoms with van der Waals surface area (Å²) in [4.78, 5) is 14.4. The van der Waals surface area contributed by atoms with Gasteiger partial charge in [-0.25, -0.2) is 0 Å². The van der Waals surface area contributed by atoms with Crippen LogP contribution in [0.5, 0.6) is 0 Å². The Hall–Kier alpha value is -0.610. The predicted octanol–water partition coefficient (Wildman–Crippen LogP) is 1.08. The van der Waals surface area contributed by atoms with Crippen LogP contribution in [0, 0.1) is 11.3 Å². The van der Waals surface area contributed by atoms with E-state index in [1.54, 1.807) is 0 Å². The van der Waals surface area contributed by atoms with Crippen molar-refractivity contribution in [2.45, 2.75) is 33.1 Å². The Balaban J connectivity index is 2.33. The summed E-state index contributed by atoms with van der Waals surface area (Å²) in [5.74, 6) is 0.662. The van der Waals surface area contributed by atoms with E-state index >= 15 is 0 Å². The number of carbonyl (C=O) groups is 1. The van der Waals surface area contributed by atoms with Crippen molar-refractivity contribution in [2.24, 2.45) is 11.3 Å². The van der Waals surface area contributed by atoms with Crippen molar-refractivity contribution < 1.29 is 4.79 Å². The minimum Gasteiger partial charge on any atom is -0.356 e. The molecule has 4 heteroatoms. The van der Waals surface area contributed by atoms with Crippen molar-refractivity contribution >= 4 is 5.91 Å². The molecule has 1 amide bonds. The van der Waals surface area contributed by atoms with Gasteiger partial charge >= 0.3 is 0 Å². The predicted molar refractivity (Wildman–Crippen MR) is 75.6 cm³/mol. The van der Waals surface area contributed by atoms with Gasteiger partial charge in [0.05, 0.1) is 0 Å². The second-order valence-corrected chi connectivity index (χ2v) is 6.18. The molecule has 0 aromatic heterocycles. The van der Waals surface area contributed by atoms with Crippen LogP contribution in [0.15, 0.2) is 0 Å². The first-order chi connectivity index (χ1) is 8.44. The maximum atomic E-state index is 12.3. The monoisotopic (exact) mass is 255 g/mol. The second-order valence-electron chi connectivity index (χ2n) is 6.18. The summed E-state index contributed by atoms with van der Waals surface area (Å²) >= 11 is 0. The Morgan fingerprint density at radius 3 is 2.72 bits per heavy atom. The average Bonchev–Trinajstić information content (AvgIpc) is 2.35. The molecule has 0 spiro atoms. The van der Waals surface area contributed by atoms with Crippen LogP contribution >= 0.6 is 0 Å². The Morgan fingerprint density at radius 1 is 1.44 bits per heavy atom. The van der Waals surface area contributed by atoms with Gasteiger partial charge < -0.3 is 15.5 Å². The highest BCUT2D eigenvalue weighted by Crippen LogP contribution is 2.31. The molecule has 2 N–H and O–H groups in total. The molecule has 0 aromatic rings. The molecule has 106 valence electrons. The van der Waals surface area contributed by atoms with Gasteiger partial charge in [0.2, 0.25) is 5.91 Å². The van der Waals surface area contributed by atoms with Crippen LogP contribution in [-0.2, 0) is 4.79 Å². The van der Waals surface area contributed by atoms with Gasteiger partial charge in [-0.05, 0) is 58.9 Å². The van der Waals surface area contributed by atoms with Gasteiger partial charge in [0.25, 0.3) is 0 Å². The first-order valence-electron chi connectivity index (χ1n) is 7.08. The van der Waals surface area contributed by atoms with Gasteiger partial charge in [0.1, 0.15) is 0 Å². The van der Waals surface area contributed by atoms with E-state index in [0.717, 1.165) is 39.0 Å². The number of rotatable bonds is 6. The summed E-state index contributed by atoms with van der Waals surface area (Å²) in [5, 5.41) is 6.47. The van der Waals surface area contributed by atoms with E-state index in [9.17, 15) is 4.79 Å². The van der Waals surface area contributed by atoms with Gasteiger partial charge in [0.15, 0.2) is 0 Å². The zero-order valence-electron chi connectivity index (χ0n) is 12.4. The number of nitrogens with zero attached hydrogens (tertiary/aromatic N) is 1. The Labute approximate surface area is 111 Å². The van der Waals surface area contributed by atoms with Crippen molar-refractivity contribution in [3.05, 3.63) is 0 Å². The van der Waals surface area contributed by atoms with E-state index in [1.807, 2.05) is 0 Å². The molecule has 4 nitrogen and oxygen atoms in total. The topological polar surface area (TPSA) is 44.4 Å². The lowest BCUT2D eigenvalue weighted by Gasteiger charge is -2.36. The lowest BCUT2D eigenvalue weighted by Crippen LogP contribution is -2.47. The average molecular weight is 255 g/mol. The van der Waals surface area contributed by atoms with Gasteiger partial charge in [-0.1, -0.05) is 13.8 Å². The minimum atomic E-state index is -0.258. The molecule has 1 heterocycles. The summed E-state index contributed by atoms with van der Waals surface area (Å²) in [5.41, 5.74) is -0.258. The van der Waals surface area contributed by atoms with E-state index in [2.05, 4.69) is 43.5 Å². The third kappa shape index (κ3) is 4.58. The Morgan fingerprint density at radius 2 is 2.17 bits per heavy atom. The molecule has 1 aliphatic heterocycles. The summed E-state index contributed by atoms with van der Waals surface area (Å²) in [6, 6.07) is 0. The van der Waals surface area contributed by atoms with Gasteiger partial charge in [0, 0.05) is 12.0 Å². The maximum absolute atomic E-state index is 12.3. The minimum absolute atomic E-state index is 0.204. The molecule has 0 saturated carbocycles. The molecule has 1 unspecified atom stereocenters. The fourth-order valence-electron chi connectivity index (χ4n) is 2.48. The highest BCUT2D eigenvalue weighted by atomic mass is 16.2. The third-order valence-electron chi connectivity index (χ3n) is 3.97. The fourth-order valence-corrected chi connectivity index (χ4v) is 2.48. The molecule has 0 radical (unpaired) electrons. The van der Waals surface area contributed by atoms with Crippen LogP contribution in [-0.4, -0.2) is 51.1 Å². The van der Waals surface area contributed by atoms with Crippen LogP contribution in [0.1, 0.15) is 33.1 Å². The van der Waals surface area contributed by atoms with Gasteiger partial charge in [-0.15, -0.1) is 0 Å². The summed E-state index contributed by atoms with van der Waals surface area (Å²) in [7, 11) is 4.11. The summed E-state index contributed by atoms with van der Waals surface area (Å²) in [6.07, 6.45) is 3.35. The molecule has 1 fully saturated rings. The highest BCUT2D eigenvalue weighted by molar-refractivity contribution is 5.82. The van der Waals surface area contributed by atoms with E-state index in [1.165, 1.54) is 6.42 Å². The molecule has 1 rings (SSSR count). The lowest BCUT2D eigenvalue weighted by molar-refractivity contribution is -0.132. The molecular formula is C14H29N3O. The zero-order valence-corrected chi connectivity index (χ0v) is 12.4. The molecule has 0 aromatic carbocycles. The van der Waals surface area contributed by atoms with Crippen molar-refractivity contribution in [1.29, 1.82) is 0 Å². The number of hydrogen-bond acceptors (Lipinski definition) is 3. The molecule has 0 bridgehead atoms. The van der Waals surface area contributed by atoms with Crippen LogP contribution < -0.4 is 10.6 Å². The van der Waals surface area contributed by atoms with Crippen molar-refractivity contribution in [1.82, 2.24) is 15.5 Å². The number of nitrogens with one attached hydrogen (secondary N) is 2. The van der Waals surface area contributed by atoms with Crippen LogP contribution in [0.3, 0.4) is 0 Å². The number of piperidine rings is 1. The molecule has 1 atom stereocenters. The van der Waals surface area contributed by atoms with Crippen molar-refractivity contribution in [3.8, 4) is 0 Å². The molecule has 1 aliphatic rings. The maximum Gasteiger partial charge on any atom is 0.225 e. The summed E-state index contributed by atoms with van der Waals surface area (Å²) in [6.45, 7) is 8.01. The molecular weight excluding hydrogens is 226 g/mol. The highest BCUT2D eigenvalue weighted by Gasteiger charge is 2.36. The van der Waals surface area contributed by atoms with Crippen molar-refractivity contribution in [2.75, 3.05) is 40.3 Å².